The maximum Gasteiger partial charge on any atom is 0.229 e. The zero-order valence-electron chi connectivity index (χ0n) is 16.2. The zero-order chi connectivity index (χ0) is 20.4. The molecule has 0 unspecified atom stereocenters. The fourth-order valence-corrected chi connectivity index (χ4v) is 3.33. The molecule has 29 heavy (non-hydrogen) atoms. The minimum atomic E-state index is -0.219. The van der Waals surface area contributed by atoms with Gasteiger partial charge in [0, 0.05) is 5.39 Å². The molecule has 1 N–H and O–H groups in total. The minimum Gasteiger partial charge on any atom is -0.309 e. The number of hydrogen-bond donors (Lipinski definition) is 1. The van der Waals surface area contributed by atoms with Crippen molar-refractivity contribution in [2.45, 2.75) is 20.3 Å². The number of carbonyl (C=O) groups excluding carboxylic acids is 1. The highest BCUT2D eigenvalue weighted by atomic mass is 16.1. The summed E-state index contributed by atoms with van der Waals surface area (Å²) in [7, 11) is 0. The quantitative estimate of drug-likeness (QED) is 0.577. The fourth-order valence-electron chi connectivity index (χ4n) is 3.33. The summed E-state index contributed by atoms with van der Waals surface area (Å²) in [6, 6.07) is 19.5. The Labute approximate surface area is 168 Å². The van der Waals surface area contributed by atoms with E-state index in [1.807, 2.05) is 68.4 Å². The topological polar surface area (TPSA) is 83.6 Å². The first-order chi connectivity index (χ1) is 14.1. The van der Waals surface area contributed by atoms with Gasteiger partial charge in [-0.15, -0.1) is 0 Å². The molecule has 0 saturated carbocycles. The van der Waals surface area contributed by atoms with Gasteiger partial charge in [-0.25, -0.2) is 4.98 Å². The number of rotatable bonds is 4. The molecule has 6 heteroatoms. The average Bonchev–Trinajstić information content (AvgIpc) is 3.12. The third kappa shape index (κ3) is 3.58. The average molecular weight is 381 g/mol. The predicted octanol–water partition coefficient (Wildman–Crippen LogP) is 4.09. The van der Waals surface area contributed by atoms with Crippen LogP contribution in [0.25, 0.3) is 16.7 Å². The molecular formula is C23H19N5O. The fraction of sp³-hybridized carbons (Fsp3) is 0.130. The second-order valence-electron chi connectivity index (χ2n) is 6.91. The van der Waals surface area contributed by atoms with E-state index in [1.165, 1.54) is 10.9 Å². The number of amides is 1. The minimum absolute atomic E-state index is 0.209. The van der Waals surface area contributed by atoms with Crippen LogP contribution in [0, 0.1) is 25.2 Å². The van der Waals surface area contributed by atoms with Crippen molar-refractivity contribution in [2.75, 3.05) is 5.32 Å². The zero-order valence-corrected chi connectivity index (χ0v) is 16.2. The lowest BCUT2D eigenvalue weighted by molar-refractivity contribution is -0.115. The maximum atomic E-state index is 12.6. The van der Waals surface area contributed by atoms with E-state index in [2.05, 4.69) is 16.5 Å². The summed E-state index contributed by atoms with van der Waals surface area (Å²) in [5.41, 5.74) is 4.15. The first-order valence-corrected chi connectivity index (χ1v) is 9.26. The Balaban J connectivity index is 1.74. The molecule has 0 fully saturated rings. The van der Waals surface area contributed by atoms with Crippen molar-refractivity contribution in [3.05, 3.63) is 83.0 Å². The number of benzene rings is 2. The Hall–Kier alpha value is -3.98. The van der Waals surface area contributed by atoms with Crippen molar-refractivity contribution in [1.82, 2.24) is 14.8 Å². The van der Waals surface area contributed by atoms with E-state index in [4.69, 9.17) is 4.98 Å². The number of carbonyl (C=O) groups is 1. The Morgan fingerprint density at radius 1 is 1.10 bits per heavy atom. The van der Waals surface area contributed by atoms with Gasteiger partial charge in [-0.2, -0.15) is 15.0 Å². The van der Waals surface area contributed by atoms with Gasteiger partial charge in [0.15, 0.2) is 11.6 Å². The van der Waals surface area contributed by atoms with E-state index in [0.29, 0.717) is 11.6 Å². The largest absolute Gasteiger partial charge is 0.309 e. The van der Waals surface area contributed by atoms with Crippen LogP contribution >= 0.6 is 0 Å². The van der Waals surface area contributed by atoms with Gasteiger partial charge >= 0.3 is 0 Å². The molecular weight excluding hydrogens is 362 g/mol. The van der Waals surface area contributed by atoms with Gasteiger partial charge in [-0.3, -0.25) is 4.79 Å². The lowest BCUT2D eigenvalue weighted by atomic mass is 10.1. The first-order valence-electron chi connectivity index (χ1n) is 9.26. The molecule has 6 nitrogen and oxygen atoms in total. The summed E-state index contributed by atoms with van der Waals surface area (Å²) in [6.45, 7) is 4.01. The molecule has 0 aliphatic carbocycles. The Morgan fingerprint density at radius 2 is 1.90 bits per heavy atom. The highest BCUT2D eigenvalue weighted by Gasteiger charge is 2.17. The predicted molar refractivity (Wildman–Crippen MR) is 112 cm³/mol. The number of nitriles is 1. The Bertz CT molecular complexity index is 1250. The van der Waals surface area contributed by atoms with E-state index < -0.39 is 0 Å². The van der Waals surface area contributed by atoms with Crippen molar-refractivity contribution in [3.8, 4) is 11.9 Å². The van der Waals surface area contributed by atoms with Gasteiger partial charge in [-0.05, 0) is 36.6 Å². The van der Waals surface area contributed by atoms with Crippen molar-refractivity contribution < 1.29 is 4.79 Å². The van der Waals surface area contributed by atoms with Gasteiger partial charge in [0.2, 0.25) is 5.91 Å². The second kappa shape index (κ2) is 7.56. The van der Waals surface area contributed by atoms with E-state index >= 15 is 0 Å². The molecule has 0 aliphatic heterocycles. The van der Waals surface area contributed by atoms with Crippen molar-refractivity contribution in [2.24, 2.45) is 0 Å². The van der Waals surface area contributed by atoms with Crippen LogP contribution in [0.3, 0.4) is 0 Å². The van der Waals surface area contributed by atoms with Gasteiger partial charge < -0.3 is 5.32 Å². The molecule has 1 amide bonds. The Morgan fingerprint density at radius 3 is 2.66 bits per heavy atom. The highest BCUT2D eigenvalue weighted by molar-refractivity contribution is 5.93. The number of nitrogens with one attached hydrogen (secondary N) is 1. The smallest absolute Gasteiger partial charge is 0.229 e. The molecule has 0 aliphatic rings. The maximum absolute atomic E-state index is 12.6. The van der Waals surface area contributed by atoms with Crippen LogP contribution < -0.4 is 5.32 Å². The number of anilines is 1. The first kappa shape index (κ1) is 18.4. The van der Waals surface area contributed by atoms with E-state index in [-0.39, 0.29) is 17.9 Å². The Kier molecular flexibility index (Phi) is 4.80. The van der Waals surface area contributed by atoms with Gasteiger partial charge in [0.1, 0.15) is 11.6 Å². The number of aryl methyl sites for hydroxylation is 2. The summed E-state index contributed by atoms with van der Waals surface area (Å²) >= 11 is 0. The molecule has 0 atom stereocenters. The molecule has 2 heterocycles. The summed E-state index contributed by atoms with van der Waals surface area (Å²) < 4.78 is 1.51. The number of para-hydroxylation sites is 1. The molecule has 142 valence electrons. The van der Waals surface area contributed by atoms with Crippen LogP contribution in [0.15, 0.2) is 60.8 Å². The van der Waals surface area contributed by atoms with E-state index in [9.17, 15) is 10.1 Å². The molecule has 4 aromatic rings. The molecule has 0 spiro atoms. The van der Waals surface area contributed by atoms with Crippen LogP contribution in [-0.2, 0) is 11.2 Å². The van der Waals surface area contributed by atoms with Crippen molar-refractivity contribution >= 4 is 22.6 Å². The summed E-state index contributed by atoms with van der Waals surface area (Å²) in [5.74, 6) is 0.664. The number of aromatic nitrogens is 3. The SMILES string of the molecule is Cc1cc(-n2ncc(C#N)c2NC(=O)Cc2ccccc2)nc2c(C)cccc12. The van der Waals surface area contributed by atoms with Crippen LogP contribution in [0.4, 0.5) is 5.82 Å². The molecule has 0 saturated heterocycles. The third-order valence-electron chi connectivity index (χ3n) is 4.81. The van der Waals surface area contributed by atoms with Crippen LogP contribution in [0.1, 0.15) is 22.3 Å². The third-order valence-corrected chi connectivity index (χ3v) is 4.81. The lowest BCUT2D eigenvalue weighted by Crippen LogP contribution is -2.18. The van der Waals surface area contributed by atoms with E-state index in [1.54, 1.807) is 0 Å². The van der Waals surface area contributed by atoms with Crippen molar-refractivity contribution in [1.29, 1.82) is 5.26 Å². The highest BCUT2D eigenvalue weighted by Crippen LogP contribution is 2.25. The van der Waals surface area contributed by atoms with Crippen LogP contribution in [0.2, 0.25) is 0 Å². The molecule has 2 aromatic carbocycles. The van der Waals surface area contributed by atoms with E-state index in [0.717, 1.165) is 27.6 Å². The van der Waals surface area contributed by atoms with Gasteiger partial charge in [0.05, 0.1) is 18.1 Å². The summed E-state index contributed by atoms with van der Waals surface area (Å²) in [4.78, 5) is 17.3. The normalized spacial score (nSPS) is 10.7. The lowest BCUT2D eigenvalue weighted by Gasteiger charge is -2.12. The number of hydrogen-bond acceptors (Lipinski definition) is 4. The molecule has 4 rings (SSSR count). The number of fused-ring (bicyclic) bond motifs is 1. The summed E-state index contributed by atoms with van der Waals surface area (Å²) in [6.07, 6.45) is 1.65. The van der Waals surface area contributed by atoms with Gasteiger partial charge in [0.25, 0.3) is 0 Å². The molecule has 2 aromatic heterocycles. The van der Waals surface area contributed by atoms with Crippen molar-refractivity contribution in [3.63, 3.8) is 0 Å². The monoisotopic (exact) mass is 381 g/mol. The molecule has 0 bridgehead atoms. The standard InChI is InChI=1S/C23H19N5O/c1-15-7-6-10-19-16(2)11-20(26-22(15)19)28-23(18(13-24)14-25-28)27-21(29)12-17-8-4-3-5-9-17/h3-11,14H,12H2,1-2H3,(H,27,29). The summed E-state index contributed by atoms with van der Waals surface area (Å²) in [5, 5.41) is 17.7. The second-order valence-corrected chi connectivity index (χ2v) is 6.91. The number of pyridine rings is 1. The number of nitrogens with zero attached hydrogens (tertiary/aromatic N) is 4. The van der Waals surface area contributed by atoms with Gasteiger partial charge in [-0.1, -0.05) is 48.5 Å². The molecule has 0 radical (unpaired) electrons. The van der Waals surface area contributed by atoms with Crippen LogP contribution in [0.5, 0.6) is 0 Å². The van der Waals surface area contributed by atoms with Crippen LogP contribution in [-0.4, -0.2) is 20.7 Å².